The Kier molecular flexibility index (Phi) is 3.96. The van der Waals surface area contributed by atoms with Gasteiger partial charge in [-0.25, -0.2) is 9.97 Å². The Balaban J connectivity index is 0.00000157. The normalized spacial score (nSPS) is 12.2. The Morgan fingerprint density at radius 2 is 0.840 bits per heavy atom. The molecule has 5 heteroatoms. The van der Waals surface area contributed by atoms with Crippen LogP contribution in [-0.2, 0) is 20.1 Å². The van der Waals surface area contributed by atoms with Gasteiger partial charge in [0.05, 0.1) is 22.8 Å². The summed E-state index contributed by atoms with van der Waals surface area (Å²) in [5.41, 5.74) is 7.86. The molecule has 3 aromatic rings. The smallest absolute Gasteiger partial charge is 0.0659 e. The summed E-state index contributed by atoms with van der Waals surface area (Å²) in [6.45, 7) is 0. The molecule has 0 atom stereocenters. The molecule has 0 fully saturated rings. The molecule has 5 heterocycles. The first-order valence-electron chi connectivity index (χ1n) is 7.85. The first-order valence-corrected chi connectivity index (χ1v) is 7.85. The summed E-state index contributed by atoms with van der Waals surface area (Å²) in [5, 5.41) is 0. The topological polar surface area (TPSA) is 57.4 Å². The number of aromatic nitrogens is 4. The van der Waals surface area contributed by atoms with E-state index in [1.807, 2.05) is 42.5 Å². The molecular weight excluding hydrogens is 488 g/mol. The number of hydrogen-bond acceptors (Lipinski definition) is 2. The maximum Gasteiger partial charge on any atom is 0.0659 e. The molecule has 2 N–H and O–H groups in total. The predicted octanol–water partition coefficient (Wildman–Crippen LogP) is 4.65. The van der Waals surface area contributed by atoms with E-state index in [2.05, 4.69) is 50.3 Å². The molecule has 1 radical (unpaired) electrons. The molecule has 0 saturated heterocycles. The number of hydrogen-bond donors (Lipinski definition) is 2. The van der Waals surface area contributed by atoms with Crippen LogP contribution in [0.2, 0.25) is 0 Å². The maximum absolute atomic E-state index is 4.62. The second-order valence-electron chi connectivity index (χ2n) is 5.91. The van der Waals surface area contributed by atoms with Gasteiger partial charge in [0.1, 0.15) is 0 Å². The Hall–Kier alpha value is -2.75. The van der Waals surface area contributed by atoms with Crippen LogP contribution in [0.3, 0.4) is 0 Å². The number of nitrogens with one attached hydrogen (secondary N) is 2. The van der Waals surface area contributed by atoms with Gasteiger partial charge in [-0.1, -0.05) is 0 Å². The van der Waals surface area contributed by atoms with Crippen molar-refractivity contribution in [3.63, 3.8) is 0 Å². The van der Waals surface area contributed by atoms with E-state index in [0.29, 0.717) is 0 Å². The summed E-state index contributed by atoms with van der Waals surface area (Å²) in [6.07, 6.45) is 8.05. The molecule has 0 aromatic carbocycles. The minimum absolute atomic E-state index is 0. The molecule has 2 aliphatic rings. The monoisotopic (exact) mass is 503 g/mol. The first-order chi connectivity index (χ1) is 11.8. The number of rotatable bonds is 0. The average molecular weight is 503 g/mol. The fraction of sp³-hybridized carbons (Fsp3) is 0. The first kappa shape index (κ1) is 15.8. The summed E-state index contributed by atoms with van der Waals surface area (Å²) in [7, 11) is 0. The Labute approximate surface area is 157 Å². The van der Waals surface area contributed by atoms with E-state index < -0.39 is 0 Å². The van der Waals surface area contributed by atoms with E-state index in [9.17, 15) is 0 Å². The maximum atomic E-state index is 4.62. The van der Waals surface area contributed by atoms with Crippen LogP contribution < -0.4 is 0 Å². The standard InChI is InChI=1S/C20H14N4.Ir/c1-2-14-10-16-5-6-18(23-16)12-20-8-7-19(24-20)11-17-4-3-15(22-17)9-13(1)21-14;/h1-12,21-22H;. The Morgan fingerprint density at radius 1 is 0.480 bits per heavy atom. The fourth-order valence-corrected chi connectivity index (χ4v) is 2.94. The number of nitrogens with zero attached hydrogens (tertiary/aromatic N) is 2. The second-order valence-corrected chi connectivity index (χ2v) is 5.91. The van der Waals surface area contributed by atoms with Gasteiger partial charge in [-0.05, 0) is 72.8 Å². The largest absolute Gasteiger partial charge is 0.355 e. The summed E-state index contributed by atoms with van der Waals surface area (Å²) < 4.78 is 0. The SMILES string of the molecule is C1=Cc2cc3ccc(cc4ccc(cc5nc(cc1n2)C=C5)[nH]4)[nH]3.[Ir]. The van der Waals surface area contributed by atoms with Crippen LogP contribution in [0.4, 0.5) is 0 Å². The molecule has 3 aromatic heterocycles. The third-order valence-electron chi connectivity index (χ3n) is 4.04. The summed E-state index contributed by atoms with van der Waals surface area (Å²) in [4.78, 5) is 16.0. The Morgan fingerprint density at radius 3 is 1.28 bits per heavy atom. The van der Waals surface area contributed by atoms with E-state index >= 15 is 0 Å². The van der Waals surface area contributed by atoms with Gasteiger partial charge in [0.15, 0.2) is 0 Å². The molecule has 0 unspecified atom stereocenters. The summed E-state index contributed by atoms with van der Waals surface area (Å²) in [6, 6.07) is 16.4. The molecule has 0 aliphatic carbocycles. The van der Waals surface area contributed by atoms with Crippen molar-refractivity contribution in [2.75, 3.05) is 0 Å². The van der Waals surface area contributed by atoms with Crippen molar-refractivity contribution >= 4 is 46.4 Å². The van der Waals surface area contributed by atoms with Crippen LogP contribution >= 0.6 is 0 Å². The van der Waals surface area contributed by atoms with Crippen LogP contribution in [0, 0.1) is 0 Å². The van der Waals surface area contributed by atoms with Crippen molar-refractivity contribution in [3.8, 4) is 0 Å². The van der Waals surface area contributed by atoms with Crippen LogP contribution in [-0.4, -0.2) is 19.9 Å². The van der Waals surface area contributed by atoms with Gasteiger partial charge < -0.3 is 9.97 Å². The predicted molar refractivity (Wildman–Crippen MR) is 98.9 cm³/mol. The van der Waals surface area contributed by atoms with Crippen molar-refractivity contribution in [1.82, 2.24) is 19.9 Å². The zero-order valence-corrected chi connectivity index (χ0v) is 15.6. The van der Waals surface area contributed by atoms with Crippen LogP contribution in [0.25, 0.3) is 46.4 Å². The minimum Gasteiger partial charge on any atom is -0.355 e. The number of aromatic amines is 2. The Bertz CT molecular complexity index is 1080. The van der Waals surface area contributed by atoms with Gasteiger partial charge in [-0.2, -0.15) is 0 Å². The van der Waals surface area contributed by atoms with Crippen molar-refractivity contribution in [2.24, 2.45) is 0 Å². The minimum atomic E-state index is 0. The molecule has 25 heavy (non-hydrogen) atoms. The molecule has 0 amide bonds. The van der Waals surface area contributed by atoms with Crippen LogP contribution in [0.15, 0.2) is 48.5 Å². The molecule has 5 rings (SSSR count). The summed E-state index contributed by atoms with van der Waals surface area (Å²) in [5.74, 6) is 0. The zero-order chi connectivity index (χ0) is 15.9. The number of H-pyrrole nitrogens is 2. The molecule has 0 spiro atoms. The van der Waals surface area contributed by atoms with Gasteiger partial charge in [0.25, 0.3) is 0 Å². The molecule has 0 saturated carbocycles. The van der Waals surface area contributed by atoms with E-state index in [1.54, 1.807) is 0 Å². The van der Waals surface area contributed by atoms with Gasteiger partial charge >= 0.3 is 0 Å². The third kappa shape index (κ3) is 3.25. The van der Waals surface area contributed by atoms with Crippen LogP contribution in [0.1, 0.15) is 22.8 Å². The molecule has 123 valence electrons. The van der Waals surface area contributed by atoms with Crippen molar-refractivity contribution < 1.29 is 20.1 Å². The van der Waals surface area contributed by atoms with Gasteiger partial charge in [-0.15, -0.1) is 0 Å². The zero-order valence-electron chi connectivity index (χ0n) is 13.2. The quantitative estimate of drug-likeness (QED) is 0.324. The van der Waals surface area contributed by atoms with E-state index in [4.69, 9.17) is 0 Å². The van der Waals surface area contributed by atoms with Crippen molar-refractivity contribution in [1.29, 1.82) is 0 Å². The third-order valence-corrected chi connectivity index (χ3v) is 4.04. The molecule has 2 aliphatic heterocycles. The fourth-order valence-electron chi connectivity index (χ4n) is 2.94. The number of fused-ring (bicyclic) bond motifs is 8. The van der Waals surface area contributed by atoms with E-state index in [0.717, 1.165) is 44.8 Å². The molecule has 8 bridgehead atoms. The van der Waals surface area contributed by atoms with Crippen molar-refractivity contribution in [3.05, 3.63) is 71.3 Å². The average Bonchev–Trinajstić information content (AvgIpc) is 3.32. The van der Waals surface area contributed by atoms with Gasteiger partial charge in [0, 0.05) is 42.2 Å². The molecular formula is C20H14IrN4. The second kappa shape index (κ2) is 6.28. The van der Waals surface area contributed by atoms with E-state index in [1.165, 1.54) is 0 Å². The van der Waals surface area contributed by atoms with Gasteiger partial charge in [-0.3, -0.25) is 0 Å². The summed E-state index contributed by atoms with van der Waals surface area (Å²) >= 11 is 0. The van der Waals surface area contributed by atoms with E-state index in [-0.39, 0.29) is 20.1 Å². The van der Waals surface area contributed by atoms with Crippen molar-refractivity contribution in [2.45, 2.75) is 0 Å². The van der Waals surface area contributed by atoms with Gasteiger partial charge in [0.2, 0.25) is 0 Å². The molecule has 4 nitrogen and oxygen atoms in total. The van der Waals surface area contributed by atoms with Crippen LogP contribution in [0.5, 0.6) is 0 Å².